The van der Waals surface area contributed by atoms with Crippen LogP contribution >= 0.6 is 0 Å². The third kappa shape index (κ3) is 15.3. The summed E-state index contributed by atoms with van der Waals surface area (Å²) in [5.41, 5.74) is 0.613. The highest BCUT2D eigenvalue weighted by Gasteiger charge is 2.51. The average Bonchev–Trinajstić information content (AvgIpc) is 3.96. The fraction of sp³-hybridized carbons (Fsp3) is 0.280. The molecule has 4 aromatic carbocycles. The number of hydrogen-bond acceptors (Lipinski definition) is 20. The van der Waals surface area contributed by atoms with Crippen molar-refractivity contribution < 1.29 is 95.2 Å². The number of benzene rings is 4. The lowest BCUT2D eigenvalue weighted by Crippen LogP contribution is -2.36. The molecule has 366 valence electrons. The van der Waals surface area contributed by atoms with E-state index in [0.717, 1.165) is 12.2 Å². The van der Waals surface area contributed by atoms with Crippen molar-refractivity contribution in [1.29, 1.82) is 0 Å². The van der Waals surface area contributed by atoms with Gasteiger partial charge in [0.1, 0.15) is 35.2 Å². The molecule has 2 heterocycles. The van der Waals surface area contributed by atoms with E-state index < -0.39 is 72.5 Å². The van der Waals surface area contributed by atoms with Gasteiger partial charge in [0, 0.05) is 12.2 Å². The molecule has 2 unspecified atom stereocenters. The Balaban J connectivity index is 0.876. The Labute approximate surface area is 399 Å². The monoisotopic (exact) mass is 966 g/mol. The van der Waals surface area contributed by atoms with E-state index in [-0.39, 0.29) is 84.9 Å². The number of unbranched alkanes of at least 4 members (excludes halogenated alkanes) is 2. The highest BCUT2D eigenvalue weighted by Crippen LogP contribution is 2.32. The molecule has 0 bridgehead atoms. The van der Waals surface area contributed by atoms with Crippen LogP contribution in [0.15, 0.2) is 122 Å². The highest BCUT2D eigenvalue weighted by molar-refractivity contribution is 5.93. The van der Waals surface area contributed by atoms with Crippen LogP contribution in [0.4, 0.5) is 9.59 Å². The Bertz CT molecular complexity index is 2320. The molecule has 2 aliphatic heterocycles. The van der Waals surface area contributed by atoms with E-state index in [2.05, 4.69) is 13.2 Å². The fourth-order valence-electron chi connectivity index (χ4n) is 6.44. The number of fused-ring (bicyclic) bond motifs is 1. The summed E-state index contributed by atoms with van der Waals surface area (Å²) >= 11 is 0. The fourth-order valence-corrected chi connectivity index (χ4v) is 6.44. The Hall–Kier alpha value is -8.36. The molecular weight excluding hydrogens is 921 g/mol. The molecule has 2 fully saturated rings. The minimum Gasteiger partial charge on any atom is -0.463 e. The van der Waals surface area contributed by atoms with Crippen LogP contribution in [0.3, 0.4) is 0 Å². The van der Waals surface area contributed by atoms with Crippen LogP contribution < -0.4 is 18.9 Å². The van der Waals surface area contributed by atoms with E-state index in [1.165, 1.54) is 97.1 Å². The zero-order chi connectivity index (χ0) is 49.8. The van der Waals surface area contributed by atoms with Crippen molar-refractivity contribution in [2.75, 3.05) is 39.6 Å². The minimum atomic E-state index is -0.945. The summed E-state index contributed by atoms with van der Waals surface area (Å²) in [5.74, 6) is -3.35. The summed E-state index contributed by atoms with van der Waals surface area (Å²) < 4.78 is 63.7. The molecule has 0 spiro atoms. The van der Waals surface area contributed by atoms with Gasteiger partial charge in [-0.1, -0.05) is 13.2 Å². The van der Waals surface area contributed by atoms with Crippen LogP contribution in [0.5, 0.6) is 23.0 Å². The predicted octanol–water partition coefficient (Wildman–Crippen LogP) is 6.72. The number of carbonyl (C=O) groups excluding carboxylic acids is 8. The molecule has 4 atom stereocenters. The predicted molar refractivity (Wildman–Crippen MR) is 238 cm³/mol. The third-order valence-corrected chi connectivity index (χ3v) is 10.0. The van der Waals surface area contributed by atoms with Gasteiger partial charge in [0.2, 0.25) is 0 Å². The van der Waals surface area contributed by atoms with Crippen LogP contribution in [-0.2, 0) is 47.5 Å². The van der Waals surface area contributed by atoms with Gasteiger partial charge in [0.25, 0.3) is 0 Å². The standard InChI is InChI=1S/C50H46O20/c1-3-41(51)59-25-5-7-27-61-49(57)67-37-21-13-31(14-22-37)45(53)65-35-17-9-33(10-18-35)47(55)69-39-29-63-44-40(30-64-43(39)44)70-48(56)34-11-19-36(20-12-34)66-46(54)32-15-23-38(24-16-32)68-50(58)62-28-8-6-26-60-42(52)4-2/h3-4,9-24,39-40,43-44H,1-2,5-8,25-30H2/t39-,40-,43?,44?/m0/s1. The van der Waals surface area contributed by atoms with Gasteiger partial charge in [-0.25, -0.2) is 38.4 Å². The van der Waals surface area contributed by atoms with Gasteiger partial charge < -0.3 is 56.8 Å². The normalized spacial score (nSPS) is 16.5. The largest absolute Gasteiger partial charge is 0.513 e. The third-order valence-electron chi connectivity index (χ3n) is 10.0. The van der Waals surface area contributed by atoms with Crippen molar-refractivity contribution in [3.63, 3.8) is 0 Å². The van der Waals surface area contributed by atoms with E-state index in [9.17, 15) is 38.4 Å². The number of rotatable bonds is 22. The lowest BCUT2D eigenvalue weighted by molar-refractivity contribution is -0.138. The van der Waals surface area contributed by atoms with E-state index in [4.69, 9.17) is 56.8 Å². The number of ether oxygens (including phenoxy) is 12. The molecule has 0 aliphatic carbocycles. The van der Waals surface area contributed by atoms with E-state index in [0.29, 0.717) is 25.7 Å². The van der Waals surface area contributed by atoms with Gasteiger partial charge in [-0.2, -0.15) is 0 Å². The molecule has 70 heavy (non-hydrogen) atoms. The summed E-state index contributed by atoms with van der Waals surface area (Å²) in [5, 5.41) is 0. The topological polar surface area (TPSA) is 247 Å². The zero-order valence-electron chi connectivity index (χ0n) is 37.4. The first-order valence-electron chi connectivity index (χ1n) is 21.7. The molecule has 2 aliphatic rings. The first-order valence-corrected chi connectivity index (χ1v) is 21.7. The van der Waals surface area contributed by atoms with Crippen molar-refractivity contribution in [2.45, 2.75) is 50.1 Å². The van der Waals surface area contributed by atoms with E-state index >= 15 is 0 Å². The van der Waals surface area contributed by atoms with Crippen LogP contribution in [0.1, 0.15) is 67.1 Å². The molecule has 20 heteroatoms. The van der Waals surface area contributed by atoms with Crippen molar-refractivity contribution in [3.8, 4) is 23.0 Å². The van der Waals surface area contributed by atoms with Gasteiger partial charge in [-0.05, 0) is 123 Å². The highest BCUT2D eigenvalue weighted by atomic mass is 16.7. The van der Waals surface area contributed by atoms with Crippen molar-refractivity contribution in [3.05, 3.63) is 145 Å². The van der Waals surface area contributed by atoms with E-state index in [1.54, 1.807) is 0 Å². The molecule has 0 amide bonds. The van der Waals surface area contributed by atoms with Crippen molar-refractivity contribution >= 4 is 48.1 Å². The minimum absolute atomic E-state index is 0.0198. The number of esters is 6. The molecule has 6 rings (SSSR count). The number of hydrogen-bond donors (Lipinski definition) is 0. The second-order valence-electron chi connectivity index (χ2n) is 14.9. The smallest absolute Gasteiger partial charge is 0.463 e. The first-order chi connectivity index (χ1) is 33.9. The molecule has 0 N–H and O–H groups in total. The molecule has 0 aromatic heterocycles. The lowest BCUT2D eigenvalue weighted by Gasteiger charge is -2.17. The lowest BCUT2D eigenvalue weighted by atomic mass is 10.1. The van der Waals surface area contributed by atoms with Crippen LogP contribution in [0.25, 0.3) is 0 Å². The molecule has 0 radical (unpaired) electrons. The van der Waals surface area contributed by atoms with Crippen LogP contribution in [-0.4, -0.2) is 112 Å². The van der Waals surface area contributed by atoms with Crippen molar-refractivity contribution in [2.24, 2.45) is 0 Å². The first kappa shape index (κ1) is 51.0. The maximum atomic E-state index is 13.1. The maximum Gasteiger partial charge on any atom is 0.513 e. The molecule has 4 aromatic rings. The maximum absolute atomic E-state index is 13.1. The van der Waals surface area contributed by atoms with Gasteiger partial charge in [-0.3, -0.25) is 0 Å². The molecule has 0 saturated carbocycles. The Kier molecular flexibility index (Phi) is 18.7. The summed E-state index contributed by atoms with van der Waals surface area (Å²) in [6, 6.07) is 22.4. The second kappa shape index (κ2) is 25.7. The summed E-state index contributed by atoms with van der Waals surface area (Å²) in [6.45, 7) is 6.98. The Morgan fingerprint density at radius 1 is 0.414 bits per heavy atom. The zero-order valence-corrected chi connectivity index (χ0v) is 37.4. The van der Waals surface area contributed by atoms with Gasteiger partial charge in [0.05, 0.1) is 61.9 Å². The molecule has 2 saturated heterocycles. The molecular formula is C50H46O20. The van der Waals surface area contributed by atoms with Crippen LogP contribution in [0.2, 0.25) is 0 Å². The summed E-state index contributed by atoms with van der Waals surface area (Å²) in [4.78, 5) is 97.6. The van der Waals surface area contributed by atoms with E-state index in [1.807, 2.05) is 0 Å². The van der Waals surface area contributed by atoms with Gasteiger partial charge >= 0.3 is 48.1 Å². The van der Waals surface area contributed by atoms with Crippen LogP contribution in [0, 0.1) is 0 Å². The Morgan fingerprint density at radius 3 is 1.01 bits per heavy atom. The second-order valence-corrected chi connectivity index (χ2v) is 14.9. The summed E-state index contributed by atoms with van der Waals surface area (Å²) in [6.07, 6.45) is -0.999. The molecule has 20 nitrogen and oxygen atoms in total. The average molecular weight is 967 g/mol. The SMILES string of the molecule is C=CC(=O)OCCCCOC(=O)Oc1ccc(C(=O)Oc2ccc(C(=O)O[C@H]3COC4C3OC[C@@H]4OC(=O)c3ccc(OC(=O)c4ccc(OC(=O)OCCCCOC(=O)C=C)cc4)cc3)cc2)cc1. The summed E-state index contributed by atoms with van der Waals surface area (Å²) in [7, 11) is 0. The number of carbonyl (C=O) groups is 8. The van der Waals surface area contributed by atoms with Crippen molar-refractivity contribution in [1.82, 2.24) is 0 Å². The quantitative estimate of drug-likeness (QED) is 0.0198. The van der Waals surface area contributed by atoms with Gasteiger partial charge in [-0.15, -0.1) is 0 Å². The van der Waals surface area contributed by atoms with Gasteiger partial charge in [0.15, 0.2) is 12.2 Å². The Morgan fingerprint density at radius 2 is 0.700 bits per heavy atom.